The Hall–Kier alpha value is 0.168. The van der Waals surface area contributed by atoms with Gasteiger partial charge in [-0.05, 0) is 0 Å². The zero-order valence-electron chi connectivity index (χ0n) is 7.13. The fourth-order valence-corrected chi connectivity index (χ4v) is 3.29. The Kier molecular flexibility index (Phi) is 10.3. The Labute approximate surface area is 79.3 Å². The molecule has 0 spiro atoms. The quantitative estimate of drug-likeness (QED) is 0.468. The van der Waals surface area contributed by atoms with Crippen molar-refractivity contribution in [2.75, 3.05) is 0 Å². The van der Waals surface area contributed by atoms with Crippen molar-refractivity contribution in [2.45, 2.75) is 35.3 Å². The Morgan fingerprint density at radius 1 is 0.909 bits per heavy atom. The third-order valence-corrected chi connectivity index (χ3v) is 4.48. The molecule has 0 amide bonds. The standard InChI is InChI=1S/2C5H9.Pt/c2*1-3-5-4-2;/h2*3H,1-2,4-5H2;. The average Bonchev–Trinajstić information content (AvgIpc) is 2.03. The Morgan fingerprint density at radius 2 is 1.36 bits per heavy atom. The summed E-state index contributed by atoms with van der Waals surface area (Å²) in [6.45, 7) is 7.41. The van der Waals surface area contributed by atoms with E-state index in [0.29, 0.717) is 18.6 Å². The predicted molar refractivity (Wildman–Crippen MR) is 48.5 cm³/mol. The summed E-state index contributed by atoms with van der Waals surface area (Å²) >= 11 is 0.495. The molecule has 0 aromatic heterocycles. The molecule has 68 valence electrons. The van der Waals surface area contributed by atoms with Crippen LogP contribution in [-0.2, 0) is 18.6 Å². The monoisotopic (exact) mass is 333 g/mol. The maximum absolute atomic E-state index is 3.71. The molecule has 0 radical (unpaired) electrons. The van der Waals surface area contributed by atoms with Gasteiger partial charge in [0.15, 0.2) is 0 Å². The molecule has 11 heavy (non-hydrogen) atoms. The van der Waals surface area contributed by atoms with Gasteiger partial charge in [0.05, 0.1) is 0 Å². The van der Waals surface area contributed by atoms with Crippen LogP contribution in [0.5, 0.6) is 0 Å². The molecule has 0 rings (SSSR count). The molecule has 0 saturated carbocycles. The second kappa shape index (κ2) is 10.2. The van der Waals surface area contributed by atoms with E-state index in [4.69, 9.17) is 0 Å². The number of hydrogen-bond acceptors (Lipinski definition) is 0. The minimum absolute atomic E-state index is 0.495. The van der Waals surface area contributed by atoms with Crippen molar-refractivity contribution in [3.8, 4) is 0 Å². The van der Waals surface area contributed by atoms with Crippen molar-refractivity contribution in [2.24, 2.45) is 0 Å². The Balaban J connectivity index is 2.79. The van der Waals surface area contributed by atoms with Crippen LogP contribution in [0.15, 0.2) is 25.3 Å². The molecule has 0 nitrogen and oxygen atoms in total. The summed E-state index contributed by atoms with van der Waals surface area (Å²) in [4.78, 5) is 2.95. The summed E-state index contributed by atoms with van der Waals surface area (Å²) in [7, 11) is 0. The van der Waals surface area contributed by atoms with Gasteiger partial charge in [-0.15, -0.1) is 0 Å². The average molecular weight is 333 g/mol. The molecule has 0 unspecified atom stereocenters. The maximum atomic E-state index is 3.71. The van der Waals surface area contributed by atoms with E-state index in [9.17, 15) is 0 Å². The normalized spacial score (nSPS) is 9.82. The zero-order chi connectivity index (χ0) is 8.36. The third kappa shape index (κ3) is 10.2. The number of rotatable bonds is 8. The van der Waals surface area contributed by atoms with Gasteiger partial charge in [-0.25, -0.2) is 0 Å². The summed E-state index contributed by atoms with van der Waals surface area (Å²) in [6, 6.07) is 0. The van der Waals surface area contributed by atoms with Gasteiger partial charge >= 0.3 is 79.2 Å². The molecule has 0 aliphatic carbocycles. The summed E-state index contributed by atoms with van der Waals surface area (Å²) in [5.74, 6) is 0. The molecule has 0 aromatic rings. The molecule has 0 heterocycles. The van der Waals surface area contributed by atoms with Crippen LogP contribution < -0.4 is 0 Å². The first-order valence-electron chi connectivity index (χ1n) is 4.08. The number of unbranched alkanes of at least 4 members (excludes halogenated alkanes) is 2. The third-order valence-electron chi connectivity index (χ3n) is 1.26. The van der Waals surface area contributed by atoms with Gasteiger partial charge in [0, 0.05) is 0 Å². The number of hydrogen-bond donors (Lipinski definition) is 0. The first kappa shape index (κ1) is 11.2. The van der Waals surface area contributed by atoms with E-state index < -0.39 is 0 Å². The molecule has 0 aliphatic heterocycles. The van der Waals surface area contributed by atoms with Crippen molar-refractivity contribution in [1.82, 2.24) is 0 Å². The van der Waals surface area contributed by atoms with Gasteiger partial charge in [-0.3, -0.25) is 0 Å². The molecule has 0 aromatic carbocycles. The van der Waals surface area contributed by atoms with Gasteiger partial charge in [0.25, 0.3) is 0 Å². The van der Waals surface area contributed by atoms with Crippen molar-refractivity contribution in [3.63, 3.8) is 0 Å². The van der Waals surface area contributed by atoms with Gasteiger partial charge in [0.2, 0.25) is 0 Å². The summed E-state index contributed by atoms with van der Waals surface area (Å²) in [5.41, 5.74) is 0. The van der Waals surface area contributed by atoms with Gasteiger partial charge in [-0.2, -0.15) is 0 Å². The van der Waals surface area contributed by atoms with E-state index >= 15 is 0 Å². The minimum atomic E-state index is 0.495. The van der Waals surface area contributed by atoms with Crippen LogP contribution in [0, 0.1) is 0 Å². The van der Waals surface area contributed by atoms with Crippen LogP contribution in [0.2, 0.25) is 9.62 Å². The van der Waals surface area contributed by atoms with Gasteiger partial charge < -0.3 is 0 Å². The second-order valence-corrected chi connectivity index (χ2v) is 5.74. The molecular weight excluding hydrogens is 315 g/mol. The van der Waals surface area contributed by atoms with Crippen molar-refractivity contribution >= 4 is 0 Å². The Morgan fingerprint density at radius 3 is 1.73 bits per heavy atom. The van der Waals surface area contributed by atoms with Crippen molar-refractivity contribution in [3.05, 3.63) is 25.3 Å². The second-order valence-electron chi connectivity index (χ2n) is 2.34. The molecule has 0 fully saturated rings. The van der Waals surface area contributed by atoms with Gasteiger partial charge in [-0.1, -0.05) is 0 Å². The first-order chi connectivity index (χ1) is 5.41. The topological polar surface area (TPSA) is 0 Å². The first-order valence-corrected chi connectivity index (χ1v) is 7.29. The molecule has 0 saturated heterocycles. The van der Waals surface area contributed by atoms with E-state index in [1.165, 1.54) is 35.3 Å². The van der Waals surface area contributed by atoms with E-state index in [1.807, 2.05) is 12.2 Å². The van der Waals surface area contributed by atoms with Crippen molar-refractivity contribution in [1.29, 1.82) is 0 Å². The van der Waals surface area contributed by atoms with E-state index in [-0.39, 0.29) is 0 Å². The van der Waals surface area contributed by atoms with E-state index in [2.05, 4.69) is 13.2 Å². The van der Waals surface area contributed by atoms with Gasteiger partial charge in [0.1, 0.15) is 0 Å². The van der Waals surface area contributed by atoms with Crippen LogP contribution >= 0.6 is 0 Å². The fraction of sp³-hybridized carbons (Fsp3) is 0.600. The Bertz CT molecular complexity index is 85.0. The fourth-order valence-electron chi connectivity index (χ4n) is 0.655. The van der Waals surface area contributed by atoms with Crippen LogP contribution in [-0.4, -0.2) is 0 Å². The summed E-state index contributed by atoms with van der Waals surface area (Å²) < 4.78 is 0. The predicted octanol–water partition coefficient (Wildman–Crippen LogP) is 3.84. The van der Waals surface area contributed by atoms with E-state index in [1.54, 1.807) is 0 Å². The van der Waals surface area contributed by atoms with Crippen LogP contribution in [0.4, 0.5) is 0 Å². The van der Waals surface area contributed by atoms with Crippen LogP contribution in [0.1, 0.15) is 25.7 Å². The van der Waals surface area contributed by atoms with Crippen LogP contribution in [0.3, 0.4) is 0 Å². The molecule has 0 aliphatic rings. The zero-order valence-corrected chi connectivity index (χ0v) is 9.40. The SMILES string of the molecule is C=CCC[CH2][Pt][CH2]CCC=C. The van der Waals surface area contributed by atoms with Crippen molar-refractivity contribution < 1.29 is 18.6 Å². The summed E-state index contributed by atoms with van der Waals surface area (Å²) in [6.07, 6.45) is 9.20. The molecule has 0 atom stereocenters. The van der Waals surface area contributed by atoms with E-state index in [0.717, 1.165) is 0 Å². The molecule has 1 heteroatoms. The number of allylic oxidation sites excluding steroid dienone is 2. The molecular formula is C10H18Pt. The summed E-state index contributed by atoms with van der Waals surface area (Å²) in [5, 5.41) is 0. The molecule has 0 bridgehead atoms. The van der Waals surface area contributed by atoms with Crippen LogP contribution in [0.25, 0.3) is 0 Å². The molecule has 0 N–H and O–H groups in total.